The van der Waals surface area contributed by atoms with E-state index in [9.17, 15) is 0 Å². The maximum absolute atomic E-state index is 4.18. The Kier molecular flexibility index (Phi) is 2.13. The van der Waals surface area contributed by atoms with E-state index in [-0.39, 0.29) is 0 Å². The van der Waals surface area contributed by atoms with Crippen LogP contribution in [0.5, 0.6) is 0 Å². The predicted octanol–water partition coefficient (Wildman–Crippen LogP) is 1.41. The van der Waals surface area contributed by atoms with E-state index in [0.717, 1.165) is 6.54 Å². The Morgan fingerprint density at radius 2 is 2.40 bits per heavy atom. The maximum Gasteiger partial charge on any atom is 0.0553 e. The molecule has 2 fully saturated rings. The number of anilines is 1. The zero-order chi connectivity index (χ0) is 10.1. The van der Waals surface area contributed by atoms with Crippen LogP contribution < -0.4 is 10.2 Å². The molecule has 0 amide bonds. The van der Waals surface area contributed by atoms with Crippen LogP contribution in [-0.4, -0.2) is 30.2 Å². The molecule has 1 atom stereocenters. The van der Waals surface area contributed by atoms with Crippen molar-refractivity contribution in [2.75, 3.05) is 24.5 Å². The molecule has 1 spiro atoms. The van der Waals surface area contributed by atoms with Crippen LogP contribution in [0.3, 0.4) is 0 Å². The maximum atomic E-state index is 4.18. The van der Waals surface area contributed by atoms with E-state index >= 15 is 0 Å². The summed E-state index contributed by atoms with van der Waals surface area (Å²) in [5, 5.41) is 3.67. The van der Waals surface area contributed by atoms with Crippen molar-refractivity contribution in [1.82, 2.24) is 10.3 Å². The Morgan fingerprint density at radius 3 is 3.13 bits per heavy atom. The van der Waals surface area contributed by atoms with E-state index in [1.165, 1.54) is 38.0 Å². The standard InChI is InChI=1S/C12H17N3/c1-3-11(9-13-6-1)15-8-5-12(10-15)4-2-7-14-12/h1,3,6,9,14H,2,4-5,7-8,10H2/t12-/m0/s1. The van der Waals surface area contributed by atoms with Gasteiger partial charge in [-0.05, 0) is 37.9 Å². The highest BCUT2D eigenvalue weighted by Crippen LogP contribution is 2.32. The van der Waals surface area contributed by atoms with Crippen molar-refractivity contribution in [3.05, 3.63) is 24.5 Å². The molecule has 1 aromatic heterocycles. The Labute approximate surface area is 90.5 Å². The zero-order valence-corrected chi connectivity index (χ0v) is 8.95. The average Bonchev–Trinajstić information content (AvgIpc) is 2.91. The van der Waals surface area contributed by atoms with E-state index in [1.807, 2.05) is 18.5 Å². The van der Waals surface area contributed by atoms with Gasteiger partial charge in [0.05, 0.1) is 11.9 Å². The fourth-order valence-corrected chi connectivity index (χ4v) is 2.85. The number of rotatable bonds is 1. The molecule has 3 heterocycles. The van der Waals surface area contributed by atoms with Crippen molar-refractivity contribution in [2.45, 2.75) is 24.8 Å². The van der Waals surface area contributed by atoms with Crippen molar-refractivity contribution >= 4 is 5.69 Å². The number of hydrogen-bond donors (Lipinski definition) is 1. The fourth-order valence-electron chi connectivity index (χ4n) is 2.85. The third-order valence-electron chi connectivity index (χ3n) is 3.70. The van der Waals surface area contributed by atoms with Crippen molar-refractivity contribution in [1.29, 1.82) is 0 Å². The quantitative estimate of drug-likeness (QED) is 0.748. The Bertz CT molecular complexity index is 330. The van der Waals surface area contributed by atoms with Crippen LogP contribution in [0.25, 0.3) is 0 Å². The van der Waals surface area contributed by atoms with Gasteiger partial charge in [-0.25, -0.2) is 0 Å². The van der Waals surface area contributed by atoms with Crippen LogP contribution in [0.2, 0.25) is 0 Å². The van der Waals surface area contributed by atoms with E-state index in [4.69, 9.17) is 0 Å². The third kappa shape index (κ3) is 1.61. The lowest BCUT2D eigenvalue weighted by atomic mass is 9.97. The minimum atomic E-state index is 0.413. The molecule has 0 radical (unpaired) electrons. The second-order valence-electron chi connectivity index (χ2n) is 4.69. The molecule has 0 aliphatic carbocycles. The van der Waals surface area contributed by atoms with Crippen LogP contribution in [0.15, 0.2) is 24.5 Å². The van der Waals surface area contributed by atoms with E-state index in [1.54, 1.807) is 0 Å². The SMILES string of the molecule is c1cncc(N2CC[C@@]3(CCCN3)C2)c1. The van der Waals surface area contributed by atoms with Gasteiger partial charge >= 0.3 is 0 Å². The van der Waals surface area contributed by atoms with Crippen LogP contribution in [0.1, 0.15) is 19.3 Å². The molecule has 3 heteroatoms. The highest BCUT2D eigenvalue weighted by molar-refractivity contribution is 5.46. The smallest absolute Gasteiger partial charge is 0.0553 e. The molecule has 0 aromatic carbocycles. The summed E-state index contributed by atoms with van der Waals surface area (Å²) < 4.78 is 0. The average molecular weight is 203 g/mol. The second-order valence-corrected chi connectivity index (χ2v) is 4.69. The lowest BCUT2D eigenvalue weighted by Crippen LogP contribution is -2.42. The minimum absolute atomic E-state index is 0.413. The van der Waals surface area contributed by atoms with Crippen LogP contribution in [-0.2, 0) is 0 Å². The van der Waals surface area contributed by atoms with Crippen LogP contribution in [0, 0.1) is 0 Å². The van der Waals surface area contributed by atoms with E-state index in [2.05, 4.69) is 21.3 Å². The highest BCUT2D eigenvalue weighted by Gasteiger charge is 2.39. The summed E-state index contributed by atoms with van der Waals surface area (Å²) in [5.41, 5.74) is 1.68. The molecule has 3 rings (SSSR count). The first-order valence-corrected chi connectivity index (χ1v) is 5.78. The molecule has 1 aromatic rings. The van der Waals surface area contributed by atoms with Gasteiger partial charge in [-0.3, -0.25) is 4.98 Å². The first kappa shape index (κ1) is 9.16. The topological polar surface area (TPSA) is 28.2 Å². The largest absolute Gasteiger partial charge is 0.368 e. The monoisotopic (exact) mass is 203 g/mol. The molecule has 15 heavy (non-hydrogen) atoms. The molecular weight excluding hydrogens is 186 g/mol. The third-order valence-corrected chi connectivity index (χ3v) is 3.70. The van der Waals surface area contributed by atoms with Crippen molar-refractivity contribution in [3.63, 3.8) is 0 Å². The van der Waals surface area contributed by atoms with Crippen LogP contribution >= 0.6 is 0 Å². The minimum Gasteiger partial charge on any atom is -0.368 e. The first-order valence-electron chi connectivity index (χ1n) is 5.78. The van der Waals surface area contributed by atoms with Gasteiger partial charge < -0.3 is 10.2 Å². The summed E-state index contributed by atoms with van der Waals surface area (Å²) in [7, 11) is 0. The van der Waals surface area contributed by atoms with Gasteiger partial charge in [-0.2, -0.15) is 0 Å². The Balaban J connectivity index is 1.76. The molecule has 0 saturated carbocycles. The molecule has 0 unspecified atom stereocenters. The summed E-state index contributed by atoms with van der Waals surface area (Å²) >= 11 is 0. The second kappa shape index (κ2) is 3.49. The Morgan fingerprint density at radius 1 is 1.40 bits per heavy atom. The van der Waals surface area contributed by atoms with Crippen molar-refractivity contribution < 1.29 is 0 Å². The zero-order valence-electron chi connectivity index (χ0n) is 8.95. The van der Waals surface area contributed by atoms with Gasteiger partial charge in [0, 0.05) is 24.8 Å². The molecule has 0 bridgehead atoms. The van der Waals surface area contributed by atoms with Gasteiger partial charge in [0.2, 0.25) is 0 Å². The summed E-state index contributed by atoms with van der Waals surface area (Å²) in [5.74, 6) is 0. The van der Waals surface area contributed by atoms with Gasteiger partial charge in [0.1, 0.15) is 0 Å². The summed E-state index contributed by atoms with van der Waals surface area (Å²) in [6.45, 7) is 3.51. The Hall–Kier alpha value is -1.09. The van der Waals surface area contributed by atoms with Gasteiger partial charge in [0.15, 0.2) is 0 Å². The first-order chi connectivity index (χ1) is 7.38. The summed E-state index contributed by atoms with van der Waals surface area (Å²) in [6.07, 6.45) is 7.75. The molecule has 3 nitrogen and oxygen atoms in total. The number of aromatic nitrogens is 1. The summed E-state index contributed by atoms with van der Waals surface area (Å²) in [4.78, 5) is 6.63. The number of nitrogens with one attached hydrogen (secondary N) is 1. The van der Waals surface area contributed by atoms with Gasteiger partial charge in [-0.1, -0.05) is 0 Å². The lowest BCUT2D eigenvalue weighted by molar-refractivity contribution is 0.419. The lowest BCUT2D eigenvalue weighted by Gasteiger charge is -2.25. The van der Waals surface area contributed by atoms with Crippen molar-refractivity contribution in [2.24, 2.45) is 0 Å². The molecule has 80 valence electrons. The molecule has 2 aliphatic rings. The predicted molar refractivity (Wildman–Crippen MR) is 61.0 cm³/mol. The van der Waals surface area contributed by atoms with Crippen LogP contribution in [0.4, 0.5) is 5.69 Å². The highest BCUT2D eigenvalue weighted by atomic mass is 15.2. The van der Waals surface area contributed by atoms with E-state index < -0.39 is 0 Å². The van der Waals surface area contributed by atoms with Crippen molar-refractivity contribution in [3.8, 4) is 0 Å². The fraction of sp³-hybridized carbons (Fsp3) is 0.583. The number of hydrogen-bond acceptors (Lipinski definition) is 3. The van der Waals surface area contributed by atoms with E-state index in [0.29, 0.717) is 5.54 Å². The number of nitrogens with zero attached hydrogens (tertiary/aromatic N) is 2. The molecule has 2 aliphatic heterocycles. The van der Waals surface area contributed by atoms with Gasteiger partial charge in [-0.15, -0.1) is 0 Å². The number of pyridine rings is 1. The molecular formula is C12H17N3. The molecule has 2 saturated heterocycles. The molecule has 1 N–H and O–H groups in total. The summed E-state index contributed by atoms with van der Waals surface area (Å²) in [6, 6.07) is 4.17. The van der Waals surface area contributed by atoms with Gasteiger partial charge in [0.25, 0.3) is 0 Å². The normalized spacial score (nSPS) is 30.3.